The molecule has 1 aliphatic carbocycles. The van der Waals surface area contributed by atoms with Crippen LogP contribution in [0.4, 0.5) is 0 Å². The van der Waals surface area contributed by atoms with Gasteiger partial charge in [-0.3, -0.25) is 9.00 Å². The predicted octanol–water partition coefficient (Wildman–Crippen LogP) is 3.22. The molecule has 3 aliphatic rings. The number of fused-ring (bicyclic) bond motifs is 2. The molecule has 2 unspecified atom stereocenters. The number of Topliss-reactive ketones (excluding diaryl/α,β-unsaturated/α-hetero) is 1. The standard InChI is InChI=1S/C15H24O2S/c16-15(8-11-4-1-2-5-11)12-9-13-6-3-7-14(10-12)18(13)17/h11-14H,1-10H2. The maximum Gasteiger partial charge on any atom is 0.136 e. The maximum atomic E-state index is 12.4. The summed E-state index contributed by atoms with van der Waals surface area (Å²) in [5.74, 6) is 1.42. The van der Waals surface area contributed by atoms with Crippen molar-refractivity contribution in [1.29, 1.82) is 0 Å². The minimum Gasteiger partial charge on any atom is -0.299 e. The molecule has 3 rings (SSSR count). The van der Waals surface area contributed by atoms with Gasteiger partial charge in [0.15, 0.2) is 0 Å². The second kappa shape index (κ2) is 5.44. The Hall–Kier alpha value is -0.180. The molecule has 2 atom stereocenters. The Morgan fingerprint density at radius 2 is 1.56 bits per heavy atom. The monoisotopic (exact) mass is 268 g/mol. The zero-order valence-electron chi connectivity index (χ0n) is 11.1. The summed E-state index contributed by atoms with van der Waals surface area (Å²) < 4.78 is 12.1. The van der Waals surface area contributed by atoms with Gasteiger partial charge >= 0.3 is 0 Å². The van der Waals surface area contributed by atoms with E-state index < -0.39 is 10.8 Å². The molecule has 1 saturated carbocycles. The lowest BCUT2D eigenvalue weighted by molar-refractivity contribution is -0.124. The molecule has 18 heavy (non-hydrogen) atoms. The minimum absolute atomic E-state index is 0.249. The van der Waals surface area contributed by atoms with Gasteiger partial charge in [0.05, 0.1) is 0 Å². The normalized spacial score (nSPS) is 40.9. The van der Waals surface area contributed by atoms with Crippen LogP contribution in [-0.2, 0) is 15.6 Å². The van der Waals surface area contributed by atoms with Gasteiger partial charge in [-0.15, -0.1) is 0 Å². The van der Waals surface area contributed by atoms with E-state index in [1.165, 1.54) is 32.1 Å². The van der Waals surface area contributed by atoms with Gasteiger partial charge in [-0.05, 0) is 31.6 Å². The third-order valence-corrected chi connectivity index (χ3v) is 7.39. The Morgan fingerprint density at radius 1 is 0.944 bits per heavy atom. The summed E-state index contributed by atoms with van der Waals surface area (Å²) in [6, 6.07) is 0. The fourth-order valence-electron chi connectivity index (χ4n) is 4.16. The molecular formula is C15H24O2S. The molecule has 0 radical (unpaired) electrons. The van der Waals surface area contributed by atoms with Gasteiger partial charge in [-0.2, -0.15) is 0 Å². The highest BCUT2D eigenvalue weighted by Crippen LogP contribution is 2.39. The van der Waals surface area contributed by atoms with Crippen LogP contribution in [0.25, 0.3) is 0 Å². The minimum atomic E-state index is -0.629. The van der Waals surface area contributed by atoms with E-state index in [0.717, 1.165) is 32.1 Å². The molecule has 0 aromatic carbocycles. The Bertz CT molecular complexity index is 330. The maximum absolute atomic E-state index is 12.4. The van der Waals surface area contributed by atoms with E-state index in [1.54, 1.807) is 0 Å². The molecule has 0 amide bonds. The van der Waals surface area contributed by atoms with Crippen LogP contribution in [0.2, 0.25) is 0 Å². The molecule has 0 aromatic rings. The summed E-state index contributed by atoms with van der Waals surface area (Å²) in [5, 5.41) is 0.685. The zero-order valence-corrected chi connectivity index (χ0v) is 11.9. The van der Waals surface area contributed by atoms with Gasteiger partial charge in [0.2, 0.25) is 0 Å². The Morgan fingerprint density at radius 3 is 2.17 bits per heavy atom. The number of carbonyl (C=O) groups is 1. The van der Waals surface area contributed by atoms with Crippen LogP contribution < -0.4 is 0 Å². The average molecular weight is 268 g/mol. The average Bonchev–Trinajstić information content (AvgIpc) is 2.81. The van der Waals surface area contributed by atoms with Gasteiger partial charge in [0.25, 0.3) is 0 Å². The lowest BCUT2D eigenvalue weighted by Gasteiger charge is -2.37. The highest BCUT2D eigenvalue weighted by Gasteiger charge is 2.40. The predicted molar refractivity (Wildman–Crippen MR) is 73.9 cm³/mol. The molecule has 2 nitrogen and oxygen atoms in total. The number of carbonyl (C=O) groups excluding carboxylic acids is 1. The summed E-state index contributed by atoms with van der Waals surface area (Å²) in [5.41, 5.74) is 0. The number of ketones is 1. The van der Waals surface area contributed by atoms with Crippen LogP contribution in [-0.4, -0.2) is 20.5 Å². The SMILES string of the molecule is O=C(CC1CCCC1)C1CC2CCCC(C1)S2=O. The van der Waals surface area contributed by atoms with Gasteiger partial charge in [0.1, 0.15) is 5.78 Å². The van der Waals surface area contributed by atoms with E-state index in [9.17, 15) is 9.00 Å². The topological polar surface area (TPSA) is 34.1 Å². The van der Waals surface area contributed by atoms with E-state index in [4.69, 9.17) is 0 Å². The van der Waals surface area contributed by atoms with Crippen LogP contribution in [0.15, 0.2) is 0 Å². The summed E-state index contributed by atoms with van der Waals surface area (Å²) >= 11 is 0. The molecule has 0 N–H and O–H groups in total. The molecule has 0 spiro atoms. The van der Waals surface area contributed by atoms with Crippen LogP contribution in [0, 0.1) is 11.8 Å². The van der Waals surface area contributed by atoms with Crippen LogP contribution >= 0.6 is 0 Å². The van der Waals surface area contributed by atoms with Crippen molar-refractivity contribution in [2.75, 3.05) is 0 Å². The van der Waals surface area contributed by atoms with E-state index in [0.29, 0.717) is 22.2 Å². The largest absolute Gasteiger partial charge is 0.299 e. The fraction of sp³-hybridized carbons (Fsp3) is 0.933. The van der Waals surface area contributed by atoms with E-state index in [2.05, 4.69) is 0 Å². The van der Waals surface area contributed by atoms with Crippen molar-refractivity contribution in [3.63, 3.8) is 0 Å². The molecule has 2 aliphatic heterocycles. The van der Waals surface area contributed by atoms with Crippen molar-refractivity contribution in [3.8, 4) is 0 Å². The molecule has 2 bridgehead atoms. The second-order valence-electron chi connectivity index (χ2n) is 6.49. The first-order chi connectivity index (χ1) is 8.74. The molecule has 3 fully saturated rings. The summed E-state index contributed by atoms with van der Waals surface area (Å²) in [4.78, 5) is 12.4. The van der Waals surface area contributed by atoms with Crippen LogP contribution in [0.1, 0.15) is 64.2 Å². The first-order valence-corrected chi connectivity index (χ1v) is 8.93. The Balaban J connectivity index is 1.59. The first-order valence-electron chi connectivity index (χ1n) is 7.66. The van der Waals surface area contributed by atoms with Crippen LogP contribution in [0.5, 0.6) is 0 Å². The lowest BCUT2D eigenvalue weighted by atomic mass is 9.83. The number of hydrogen-bond donors (Lipinski definition) is 0. The quantitative estimate of drug-likeness (QED) is 0.787. The third-order valence-electron chi connectivity index (χ3n) is 5.22. The summed E-state index contributed by atoms with van der Waals surface area (Å²) in [6.45, 7) is 0. The lowest BCUT2D eigenvalue weighted by Crippen LogP contribution is -2.41. The van der Waals surface area contributed by atoms with E-state index in [-0.39, 0.29) is 5.92 Å². The van der Waals surface area contributed by atoms with Crippen molar-refractivity contribution in [2.24, 2.45) is 11.8 Å². The van der Waals surface area contributed by atoms with Crippen molar-refractivity contribution >= 4 is 16.6 Å². The zero-order chi connectivity index (χ0) is 12.5. The third kappa shape index (κ3) is 2.56. The smallest absolute Gasteiger partial charge is 0.136 e. The second-order valence-corrected chi connectivity index (χ2v) is 8.48. The molecule has 0 aromatic heterocycles. The molecule has 3 heteroatoms. The molecule has 2 heterocycles. The number of hydrogen-bond acceptors (Lipinski definition) is 2. The van der Waals surface area contributed by atoms with Gasteiger partial charge in [-0.25, -0.2) is 0 Å². The number of rotatable bonds is 3. The van der Waals surface area contributed by atoms with E-state index >= 15 is 0 Å². The Labute approximate surface area is 112 Å². The Kier molecular flexibility index (Phi) is 3.88. The highest BCUT2D eigenvalue weighted by molar-refractivity contribution is 7.86. The molecule has 2 saturated heterocycles. The first kappa shape index (κ1) is 12.8. The van der Waals surface area contributed by atoms with Crippen LogP contribution in [0.3, 0.4) is 0 Å². The highest BCUT2D eigenvalue weighted by atomic mass is 32.2. The summed E-state index contributed by atoms with van der Waals surface area (Å²) in [7, 11) is -0.629. The van der Waals surface area contributed by atoms with Gasteiger partial charge in [-0.1, -0.05) is 32.1 Å². The van der Waals surface area contributed by atoms with Gasteiger partial charge in [0, 0.05) is 33.6 Å². The van der Waals surface area contributed by atoms with Crippen molar-refractivity contribution in [3.05, 3.63) is 0 Å². The van der Waals surface area contributed by atoms with E-state index in [1.807, 2.05) is 0 Å². The summed E-state index contributed by atoms with van der Waals surface area (Å²) in [6.07, 6.45) is 11.2. The molecule has 102 valence electrons. The fourth-order valence-corrected chi connectivity index (χ4v) is 6.35. The van der Waals surface area contributed by atoms with Crippen molar-refractivity contribution < 1.29 is 9.00 Å². The van der Waals surface area contributed by atoms with Gasteiger partial charge < -0.3 is 0 Å². The van der Waals surface area contributed by atoms with Crippen molar-refractivity contribution in [2.45, 2.75) is 74.7 Å². The molecular weight excluding hydrogens is 244 g/mol. The van der Waals surface area contributed by atoms with Crippen molar-refractivity contribution in [1.82, 2.24) is 0 Å².